The van der Waals surface area contributed by atoms with Crippen molar-refractivity contribution in [2.24, 2.45) is 5.92 Å². The van der Waals surface area contributed by atoms with E-state index in [4.69, 9.17) is 0 Å². The first-order valence-electron chi connectivity index (χ1n) is 8.45. The number of nitrogens with two attached hydrogens (primary N) is 1. The molecule has 3 aromatic rings. The Bertz CT molecular complexity index is 871. The summed E-state index contributed by atoms with van der Waals surface area (Å²) >= 11 is 0. The molecule has 4 nitrogen and oxygen atoms in total. The van der Waals surface area contributed by atoms with E-state index in [1.165, 1.54) is 5.56 Å². The number of para-hydroxylation sites is 1. The quantitative estimate of drug-likeness (QED) is 0.758. The van der Waals surface area contributed by atoms with Gasteiger partial charge in [-0.15, -0.1) is 0 Å². The van der Waals surface area contributed by atoms with E-state index in [0.717, 1.165) is 11.3 Å². The Kier molecular flexibility index (Phi) is 4.76. The molecule has 3 N–H and O–H groups in total. The fourth-order valence-corrected chi connectivity index (χ4v) is 3.12. The number of rotatable bonds is 5. The Morgan fingerprint density at radius 1 is 0.958 bits per heavy atom. The molecule has 0 saturated carbocycles. The van der Waals surface area contributed by atoms with Crippen LogP contribution >= 0.6 is 0 Å². The summed E-state index contributed by atoms with van der Waals surface area (Å²) in [6.45, 7) is 6.53. The maximum atomic E-state index is 12.3. The van der Waals surface area contributed by atoms with E-state index in [1.807, 2.05) is 24.3 Å². The van der Waals surface area contributed by atoms with E-state index in [9.17, 15) is 4.79 Å². The Morgan fingerprint density at radius 3 is 2.33 bits per heavy atom. The predicted molar refractivity (Wildman–Crippen MR) is 96.7 cm³/mol. The molecule has 0 saturated heterocycles. The number of H-pyrrole nitrogens is 1. The van der Waals surface area contributed by atoms with Crippen molar-refractivity contribution in [3.63, 3.8) is 0 Å². The van der Waals surface area contributed by atoms with Crippen LogP contribution in [0.25, 0.3) is 10.9 Å². The van der Waals surface area contributed by atoms with Gasteiger partial charge in [-0.3, -0.25) is 4.79 Å². The molecule has 3 rings (SSSR count). The van der Waals surface area contributed by atoms with Crippen LogP contribution in [0.3, 0.4) is 0 Å². The van der Waals surface area contributed by atoms with E-state index < -0.39 is 0 Å². The first-order valence-corrected chi connectivity index (χ1v) is 8.45. The summed E-state index contributed by atoms with van der Waals surface area (Å²) in [7, 11) is 0. The third-order valence-electron chi connectivity index (χ3n) is 4.46. The molecule has 0 amide bonds. The first-order chi connectivity index (χ1) is 11.6. The summed E-state index contributed by atoms with van der Waals surface area (Å²) in [6, 6.07) is 18.3. The van der Waals surface area contributed by atoms with Gasteiger partial charge in [-0.2, -0.15) is 0 Å². The average molecular weight is 322 g/mol. The zero-order valence-electron chi connectivity index (χ0n) is 14.4. The molecule has 0 aliphatic heterocycles. The lowest BCUT2D eigenvalue weighted by Gasteiger charge is -2.23. The van der Waals surface area contributed by atoms with Gasteiger partial charge in [0.05, 0.1) is 10.9 Å². The van der Waals surface area contributed by atoms with Crippen LogP contribution in [0.2, 0.25) is 0 Å². The number of benzene rings is 2. The van der Waals surface area contributed by atoms with Crippen LogP contribution in [0.5, 0.6) is 0 Å². The highest BCUT2D eigenvalue weighted by Crippen LogP contribution is 2.19. The van der Waals surface area contributed by atoms with Crippen LogP contribution in [0, 0.1) is 5.92 Å². The van der Waals surface area contributed by atoms with Gasteiger partial charge in [0, 0.05) is 11.5 Å². The van der Waals surface area contributed by atoms with Gasteiger partial charge in [0.25, 0.3) is 5.56 Å². The minimum Gasteiger partial charge on any atom is -0.331 e. The highest BCUT2D eigenvalue weighted by Gasteiger charge is 2.24. The van der Waals surface area contributed by atoms with Crippen LogP contribution in [0.4, 0.5) is 0 Å². The Hall–Kier alpha value is -2.46. The van der Waals surface area contributed by atoms with Gasteiger partial charge in [0.15, 0.2) is 5.82 Å². The number of nitrogens with zero attached hydrogens (tertiary/aromatic N) is 1. The van der Waals surface area contributed by atoms with Crippen molar-refractivity contribution >= 4 is 10.9 Å². The number of nitrogens with one attached hydrogen (secondary N) is 1. The van der Waals surface area contributed by atoms with Crippen LogP contribution in [0.15, 0.2) is 59.4 Å². The van der Waals surface area contributed by atoms with Crippen LogP contribution in [-0.4, -0.2) is 9.97 Å². The standard InChI is InChI=1S/C20H23N3O/c1-13(2)18(15-9-5-4-6-10-15)21-14(3)19-22-17-12-8-7-11-16(17)20(24)23-19/h4-14,18,21H,1-3H3,(H,22,23,24)/p+1/t14-,18+/m0/s1. The fourth-order valence-electron chi connectivity index (χ4n) is 3.12. The van der Waals surface area contributed by atoms with Gasteiger partial charge in [-0.1, -0.05) is 56.3 Å². The summed E-state index contributed by atoms with van der Waals surface area (Å²) < 4.78 is 0. The molecular formula is C20H24N3O+. The van der Waals surface area contributed by atoms with Gasteiger partial charge >= 0.3 is 0 Å². The van der Waals surface area contributed by atoms with Crippen LogP contribution in [0.1, 0.15) is 44.2 Å². The molecule has 2 atom stereocenters. The molecule has 0 spiro atoms. The van der Waals surface area contributed by atoms with E-state index in [1.54, 1.807) is 6.07 Å². The number of aromatic nitrogens is 2. The number of hydrogen-bond donors (Lipinski definition) is 2. The lowest BCUT2D eigenvalue weighted by Crippen LogP contribution is -2.87. The second kappa shape index (κ2) is 6.97. The normalized spacial score (nSPS) is 14.0. The summed E-state index contributed by atoms with van der Waals surface area (Å²) in [6.07, 6.45) is 0. The zero-order valence-corrected chi connectivity index (χ0v) is 14.4. The third-order valence-corrected chi connectivity index (χ3v) is 4.46. The van der Waals surface area contributed by atoms with E-state index in [0.29, 0.717) is 17.3 Å². The van der Waals surface area contributed by atoms with E-state index in [-0.39, 0.29) is 11.6 Å². The number of quaternary nitrogens is 1. The zero-order chi connectivity index (χ0) is 17.1. The van der Waals surface area contributed by atoms with Crippen molar-refractivity contribution in [1.29, 1.82) is 0 Å². The van der Waals surface area contributed by atoms with Crippen molar-refractivity contribution in [3.8, 4) is 0 Å². The largest absolute Gasteiger partial charge is 0.331 e. The summed E-state index contributed by atoms with van der Waals surface area (Å²) in [5, 5.41) is 2.92. The predicted octanol–water partition coefficient (Wildman–Crippen LogP) is 2.94. The first kappa shape index (κ1) is 16.4. The molecule has 0 unspecified atom stereocenters. The Morgan fingerprint density at radius 2 is 1.62 bits per heavy atom. The van der Waals surface area contributed by atoms with Crippen molar-refractivity contribution < 1.29 is 5.32 Å². The maximum Gasteiger partial charge on any atom is 0.258 e. The fraction of sp³-hybridized carbons (Fsp3) is 0.300. The molecular weight excluding hydrogens is 298 g/mol. The van der Waals surface area contributed by atoms with Gasteiger partial charge < -0.3 is 10.3 Å². The summed E-state index contributed by atoms with van der Waals surface area (Å²) in [4.78, 5) is 19.9. The molecule has 0 fully saturated rings. The van der Waals surface area contributed by atoms with E-state index >= 15 is 0 Å². The second-order valence-corrected chi connectivity index (χ2v) is 6.63. The lowest BCUT2D eigenvalue weighted by atomic mass is 9.95. The average Bonchev–Trinajstić information content (AvgIpc) is 2.60. The molecule has 2 aromatic carbocycles. The minimum absolute atomic E-state index is 0.0647. The monoisotopic (exact) mass is 322 g/mol. The van der Waals surface area contributed by atoms with Gasteiger partial charge in [-0.05, 0) is 19.1 Å². The lowest BCUT2D eigenvalue weighted by molar-refractivity contribution is -0.738. The Labute approximate surface area is 142 Å². The SMILES string of the molecule is CC(C)[C@@H]([NH2+][C@@H](C)c1nc2ccccc2c(=O)[nH]1)c1ccccc1. The van der Waals surface area contributed by atoms with Crippen molar-refractivity contribution in [3.05, 3.63) is 76.3 Å². The Balaban J connectivity index is 1.91. The van der Waals surface area contributed by atoms with Crippen molar-refractivity contribution in [1.82, 2.24) is 9.97 Å². The molecule has 124 valence electrons. The summed E-state index contributed by atoms with van der Waals surface area (Å²) in [5.74, 6) is 1.20. The molecule has 0 aliphatic carbocycles. The number of hydrogen-bond acceptors (Lipinski definition) is 2. The molecule has 0 bridgehead atoms. The molecule has 0 aliphatic rings. The molecule has 24 heavy (non-hydrogen) atoms. The van der Waals surface area contributed by atoms with Crippen LogP contribution < -0.4 is 10.9 Å². The molecule has 4 heteroatoms. The third kappa shape index (κ3) is 3.39. The highest BCUT2D eigenvalue weighted by molar-refractivity contribution is 5.77. The molecule has 0 radical (unpaired) electrons. The highest BCUT2D eigenvalue weighted by atomic mass is 16.1. The molecule has 1 heterocycles. The second-order valence-electron chi connectivity index (χ2n) is 6.63. The van der Waals surface area contributed by atoms with E-state index in [2.05, 4.69) is 60.3 Å². The molecule has 1 aromatic heterocycles. The smallest absolute Gasteiger partial charge is 0.258 e. The minimum atomic E-state index is -0.0725. The van der Waals surface area contributed by atoms with Gasteiger partial charge in [0.1, 0.15) is 12.1 Å². The van der Waals surface area contributed by atoms with Crippen LogP contribution in [-0.2, 0) is 0 Å². The van der Waals surface area contributed by atoms with Gasteiger partial charge in [-0.25, -0.2) is 4.98 Å². The number of aromatic amines is 1. The van der Waals surface area contributed by atoms with Gasteiger partial charge in [0.2, 0.25) is 0 Å². The number of fused-ring (bicyclic) bond motifs is 1. The maximum absolute atomic E-state index is 12.3. The van der Waals surface area contributed by atoms with Crippen molar-refractivity contribution in [2.75, 3.05) is 0 Å². The topological polar surface area (TPSA) is 62.4 Å². The van der Waals surface area contributed by atoms with Crippen molar-refractivity contribution in [2.45, 2.75) is 32.9 Å². The summed E-state index contributed by atoms with van der Waals surface area (Å²) in [5.41, 5.74) is 1.97.